The Morgan fingerprint density at radius 3 is 2.65 bits per heavy atom. The maximum Gasteiger partial charge on any atom is 0.337 e. The number of ether oxygens (including phenoxy) is 1. The molecule has 0 fully saturated rings. The lowest BCUT2D eigenvalue weighted by Crippen LogP contribution is -2.30. The Hall–Kier alpha value is -1.95. The van der Waals surface area contributed by atoms with Crippen LogP contribution in [-0.2, 0) is 4.74 Å². The summed E-state index contributed by atoms with van der Waals surface area (Å²) in [6, 6.07) is 2.75. The van der Waals surface area contributed by atoms with Gasteiger partial charge in [0.05, 0.1) is 12.2 Å². The molecule has 1 N–H and O–H groups in total. The molecule has 6 heteroatoms. The highest BCUT2D eigenvalue weighted by atomic mass is 16.5. The van der Waals surface area contributed by atoms with Crippen molar-refractivity contribution in [2.75, 3.05) is 27.3 Å². The molecule has 6 nitrogen and oxygen atoms in total. The molecule has 0 unspecified atom stereocenters. The molecular formula is C11H14N2O4. The minimum Gasteiger partial charge on any atom is -0.478 e. The molecule has 1 heterocycles. The molecule has 1 amide bonds. The van der Waals surface area contributed by atoms with E-state index in [4.69, 9.17) is 9.84 Å². The normalized spacial score (nSPS) is 10.0. The number of aromatic nitrogens is 1. The summed E-state index contributed by atoms with van der Waals surface area (Å²) in [6.07, 6.45) is 1.17. The average molecular weight is 238 g/mol. The lowest BCUT2D eigenvalue weighted by molar-refractivity contribution is 0.0692. The first-order valence-corrected chi connectivity index (χ1v) is 5.00. The van der Waals surface area contributed by atoms with Gasteiger partial charge in [0.1, 0.15) is 5.69 Å². The molecule has 0 spiro atoms. The molecule has 0 radical (unpaired) electrons. The molecule has 0 saturated carbocycles. The number of amides is 1. The number of carboxylic acids is 1. The number of carbonyl (C=O) groups excluding carboxylic acids is 1. The summed E-state index contributed by atoms with van der Waals surface area (Å²) in [7, 11) is 3.19. The number of methoxy groups -OCH3 is 1. The lowest BCUT2D eigenvalue weighted by Gasteiger charge is -2.15. The highest BCUT2D eigenvalue weighted by molar-refractivity contribution is 5.93. The fourth-order valence-electron chi connectivity index (χ4n) is 1.17. The van der Waals surface area contributed by atoms with Gasteiger partial charge in [-0.05, 0) is 12.1 Å². The van der Waals surface area contributed by atoms with E-state index in [1.807, 2.05) is 0 Å². The van der Waals surface area contributed by atoms with E-state index in [9.17, 15) is 9.59 Å². The Morgan fingerprint density at radius 1 is 1.47 bits per heavy atom. The molecule has 1 aromatic heterocycles. The molecule has 92 valence electrons. The van der Waals surface area contributed by atoms with E-state index >= 15 is 0 Å². The molecule has 1 rings (SSSR count). The highest BCUT2D eigenvalue weighted by Crippen LogP contribution is 2.03. The van der Waals surface area contributed by atoms with Gasteiger partial charge >= 0.3 is 5.97 Å². The molecule has 0 bridgehead atoms. The van der Waals surface area contributed by atoms with Crippen LogP contribution in [0.25, 0.3) is 0 Å². The minimum absolute atomic E-state index is 0.0566. The molecule has 0 atom stereocenters. The van der Waals surface area contributed by atoms with Gasteiger partial charge in [-0.3, -0.25) is 9.78 Å². The van der Waals surface area contributed by atoms with Gasteiger partial charge in [-0.1, -0.05) is 0 Å². The minimum atomic E-state index is -1.07. The third kappa shape index (κ3) is 3.53. The van der Waals surface area contributed by atoms with E-state index < -0.39 is 5.97 Å². The van der Waals surface area contributed by atoms with Crippen molar-refractivity contribution in [3.05, 3.63) is 29.6 Å². The number of carboxylic acid groups (broad SMARTS) is 1. The van der Waals surface area contributed by atoms with Gasteiger partial charge in [-0.25, -0.2) is 4.79 Å². The van der Waals surface area contributed by atoms with E-state index in [0.29, 0.717) is 13.2 Å². The van der Waals surface area contributed by atoms with Crippen molar-refractivity contribution in [2.45, 2.75) is 0 Å². The van der Waals surface area contributed by atoms with Crippen LogP contribution in [-0.4, -0.2) is 54.2 Å². The van der Waals surface area contributed by atoms with Crippen molar-refractivity contribution in [1.29, 1.82) is 0 Å². The molecule has 0 aliphatic rings. The Bertz CT molecular complexity index is 402. The van der Waals surface area contributed by atoms with Gasteiger partial charge in [-0.15, -0.1) is 0 Å². The number of likely N-dealkylation sites (N-methyl/N-ethyl adjacent to an activating group) is 1. The molecule has 0 saturated heterocycles. The molecular weight excluding hydrogens is 224 g/mol. The molecule has 1 aromatic rings. The fraction of sp³-hybridized carbons (Fsp3) is 0.364. The number of rotatable bonds is 5. The standard InChI is InChI=1S/C11H14N2O4/c1-13(5-6-17-2)10(14)9-4-3-8(7-12-9)11(15)16/h3-4,7H,5-6H2,1-2H3,(H,15,16). The summed E-state index contributed by atoms with van der Waals surface area (Å²) in [5, 5.41) is 8.69. The zero-order valence-electron chi connectivity index (χ0n) is 9.71. The lowest BCUT2D eigenvalue weighted by atomic mass is 10.2. The monoisotopic (exact) mass is 238 g/mol. The van der Waals surface area contributed by atoms with Crippen molar-refractivity contribution < 1.29 is 19.4 Å². The summed E-state index contributed by atoms with van der Waals surface area (Å²) in [4.78, 5) is 27.7. The van der Waals surface area contributed by atoms with E-state index in [2.05, 4.69) is 4.98 Å². The van der Waals surface area contributed by atoms with Crippen LogP contribution in [0.1, 0.15) is 20.8 Å². The maximum atomic E-state index is 11.8. The number of carbonyl (C=O) groups is 2. The third-order valence-corrected chi connectivity index (χ3v) is 2.21. The van der Waals surface area contributed by atoms with Crippen LogP contribution in [0.4, 0.5) is 0 Å². The molecule has 0 aliphatic carbocycles. The second-order valence-corrected chi connectivity index (χ2v) is 3.46. The molecule has 17 heavy (non-hydrogen) atoms. The largest absolute Gasteiger partial charge is 0.478 e. The maximum absolute atomic E-state index is 11.8. The van der Waals surface area contributed by atoms with Crippen molar-refractivity contribution >= 4 is 11.9 Å². The van der Waals surface area contributed by atoms with Gasteiger partial charge in [0, 0.05) is 26.9 Å². The first-order valence-electron chi connectivity index (χ1n) is 5.00. The number of hydrogen-bond donors (Lipinski definition) is 1. The van der Waals surface area contributed by atoms with Crippen molar-refractivity contribution in [3.63, 3.8) is 0 Å². The van der Waals surface area contributed by atoms with Crippen molar-refractivity contribution in [1.82, 2.24) is 9.88 Å². The second kappa shape index (κ2) is 5.95. The SMILES string of the molecule is COCCN(C)C(=O)c1ccc(C(=O)O)cn1. The van der Waals surface area contributed by atoms with Crippen LogP contribution in [0.3, 0.4) is 0 Å². The Morgan fingerprint density at radius 2 is 2.18 bits per heavy atom. The van der Waals surface area contributed by atoms with E-state index in [0.717, 1.165) is 0 Å². The fourth-order valence-corrected chi connectivity index (χ4v) is 1.17. The van der Waals surface area contributed by atoms with E-state index in [1.54, 1.807) is 14.2 Å². The Balaban J connectivity index is 2.72. The number of nitrogens with zero attached hydrogens (tertiary/aromatic N) is 2. The number of pyridine rings is 1. The van der Waals surface area contributed by atoms with Crippen LogP contribution in [0.5, 0.6) is 0 Å². The zero-order chi connectivity index (χ0) is 12.8. The number of hydrogen-bond acceptors (Lipinski definition) is 4. The van der Waals surface area contributed by atoms with Crippen molar-refractivity contribution in [3.8, 4) is 0 Å². The van der Waals surface area contributed by atoms with Crippen LogP contribution in [0.15, 0.2) is 18.3 Å². The number of aromatic carboxylic acids is 1. The smallest absolute Gasteiger partial charge is 0.337 e. The van der Waals surface area contributed by atoms with Gasteiger partial charge in [-0.2, -0.15) is 0 Å². The topological polar surface area (TPSA) is 79.7 Å². The summed E-state index contributed by atoms with van der Waals surface area (Å²) < 4.78 is 4.86. The van der Waals surface area contributed by atoms with Gasteiger partial charge in [0.25, 0.3) is 5.91 Å². The first-order chi connectivity index (χ1) is 8.06. The first kappa shape index (κ1) is 13.1. The van der Waals surface area contributed by atoms with E-state index in [1.165, 1.54) is 23.2 Å². The predicted octanol–water partition coefficient (Wildman–Crippen LogP) is 0.498. The summed E-state index contributed by atoms with van der Waals surface area (Å²) in [5.41, 5.74) is 0.273. The third-order valence-electron chi connectivity index (χ3n) is 2.21. The van der Waals surface area contributed by atoms with E-state index in [-0.39, 0.29) is 17.2 Å². The highest BCUT2D eigenvalue weighted by Gasteiger charge is 2.13. The predicted molar refractivity (Wildman–Crippen MR) is 60.0 cm³/mol. The van der Waals surface area contributed by atoms with Gasteiger partial charge in [0.2, 0.25) is 0 Å². The van der Waals surface area contributed by atoms with Gasteiger partial charge < -0.3 is 14.7 Å². The Labute approximate surface area is 98.8 Å². The van der Waals surface area contributed by atoms with Crippen molar-refractivity contribution in [2.24, 2.45) is 0 Å². The quantitative estimate of drug-likeness (QED) is 0.807. The average Bonchev–Trinajstić information content (AvgIpc) is 2.35. The Kier molecular flexibility index (Phi) is 4.59. The summed E-state index contributed by atoms with van der Waals surface area (Å²) in [6.45, 7) is 0.896. The summed E-state index contributed by atoms with van der Waals surface area (Å²) >= 11 is 0. The molecule has 0 aromatic carbocycles. The van der Waals surface area contributed by atoms with Crippen LogP contribution in [0, 0.1) is 0 Å². The van der Waals surface area contributed by atoms with Crippen LogP contribution in [0.2, 0.25) is 0 Å². The van der Waals surface area contributed by atoms with Crippen LogP contribution >= 0.6 is 0 Å². The molecule has 0 aliphatic heterocycles. The van der Waals surface area contributed by atoms with Gasteiger partial charge in [0.15, 0.2) is 0 Å². The second-order valence-electron chi connectivity index (χ2n) is 3.46. The zero-order valence-corrected chi connectivity index (χ0v) is 9.71. The summed E-state index contributed by atoms with van der Waals surface area (Å²) in [5.74, 6) is -1.33. The van der Waals surface area contributed by atoms with Crippen LogP contribution < -0.4 is 0 Å².